The number of halogens is 2. The molecule has 0 aliphatic rings. The maximum atomic E-state index is 5.64. The summed E-state index contributed by atoms with van der Waals surface area (Å²) in [5.41, 5.74) is 12.4. The summed E-state index contributed by atoms with van der Waals surface area (Å²) in [6.07, 6.45) is 14.3. The predicted octanol–water partition coefficient (Wildman–Crippen LogP) is 8.39. The Morgan fingerprint density at radius 1 is 0.767 bits per heavy atom. The molecule has 0 unspecified atom stereocenters. The summed E-state index contributed by atoms with van der Waals surface area (Å²) >= 11 is 3.46. The molecule has 0 fully saturated rings. The molecule has 0 saturated carbocycles. The Labute approximate surface area is 196 Å². The van der Waals surface area contributed by atoms with E-state index in [9.17, 15) is 0 Å². The zero-order valence-corrected chi connectivity index (χ0v) is 20.5. The van der Waals surface area contributed by atoms with Crippen molar-refractivity contribution >= 4 is 51.3 Å². The van der Waals surface area contributed by atoms with Crippen molar-refractivity contribution in [2.75, 3.05) is 16.8 Å². The van der Waals surface area contributed by atoms with Gasteiger partial charge in [0.1, 0.15) is 11.5 Å². The number of anilines is 2. The molecule has 0 amide bonds. The Morgan fingerprint density at radius 3 is 1.87 bits per heavy atom. The van der Waals surface area contributed by atoms with Crippen LogP contribution in [0.4, 0.5) is 23.0 Å². The van der Waals surface area contributed by atoms with Crippen LogP contribution < -0.4 is 11.5 Å². The quantitative estimate of drug-likeness (QED) is 0.175. The van der Waals surface area contributed by atoms with Crippen LogP contribution in [0.15, 0.2) is 52.7 Å². The number of rotatable bonds is 12. The fourth-order valence-corrected chi connectivity index (χ4v) is 3.15. The smallest absolute Gasteiger partial charge is 0.153 e. The van der Waals surface area contributed by atoms with E-state index in [4.69, 9.17) is 11.5 Å². The largest absolute Gasteiger partial charge is 0.384 e. The summed E-state index contributed by atoms with van der Waals surface area (Å²) in [6.45, 7) is 2.28. The lowest BCUT2D eigenvalue weighted by Crippen LogP contribution is -1.95. The molecule has 1 aromatic heterocycles. The Balaban J connectivity index is 0.000000557. The summed E-state index contributed by atoms with van der Waals surface area (Å²) in [5.74, 6) is 0.649. The van der Waals surface area contributed by atoms with Gasteiger partial charge in [-0.1, -0.05) is 98.8 Å². The number of alkyl halides is 1. The highest BCUT2D eigenvalue weighted by molar-refractivity contribution is 9.09. The number of pyridine rings is 1. The molecule has 0 aliphatic heterocycles. The van der Waals surface area contributed by atoms with E-state index in [0.717, 1.165) is 5.69 Å². The first-order valence-electron chi connectivity index (χ1n) is 10.7. The average Bonchev–Trinajstić information content (AvgIpc) is 2.73. The monoisotopic (exact) mass is 497 g/mol. The number of benzene rings is 1. The first-order chi connectivity index (χ1) is 14.2. The second kappa shape index (κ2) is 19.3. The minimum absolute atomic E-state index is 0. The molecule has 4 N–H and O–H groups in total. The van der Waals surface area contributed by atoms with E-state index in [1.165, 1.54) is 69.5 Å². The lowest BCUT2D eigenvalue weighted by atomic mass is 10.1. The first-order valence-corrected chi connectivity index (χ1v) is 11.8. The van der Waals surface area contributed by atoms with E-state index in [1.807, 2.05) is 30.3 Å². The minimum atomic E-state index is 0. The summed E-state index contributed by atoms with van der Waals surface area (Å²) in [5, 5.41) is 9.21. The van der Waals surface area contributed by atoms with E-state index < -0.39 is 0 Å². The van der Waals surface area contributed by atoms with E-state index in [2.05, 4.69) is 38.1 Å². The highest BCUT2D eigenvalue weighted by atomic mass is 79.9. The second-order valence-electron chi connectivity index (χ2n) is 7.05. The maximum Gasteiger partial charge on any atom is 0.153 e. The molecule has 0 spiro atoms. The number of aromatic nitrogens is 1. The molecule has 168 valence electrons. The van der Waals surface area contributed by atoms with Gasteiger partial charge in [-0.2, -0.15) is 5.11 Å². The molecular weight excluding hydrogens is 462 g/mol. The van der Waals surface area contributed by atoms with Gasteiger partial charge in [-0.05, 0) is 30.7 Å². The van der Waals surface area contributed by atoms with E-state index in [-0.39, 0.29) is 18.2 Å². The molecule has 2 aromatic rings. The molecule has 1 aromatic carbocycles. The number of hydrogen-bond donors (Lipinski definition) is 2. The van der Waals surface area contributed by atoms with Gasteiger partial charge < -0.3 is 11.5 Å². The van der Waals surface area contributed by atoms with Crippen molar-refractivity contribution in [3.63, 3.8) is 0 Å². The summed E-state index contributed by atoms with van der Waals surface area (Å²) in [4.78, 5) is 3.89. The Kier molecular flexibility index (Phi) is 18.2. The third kappa shape index (κ3) is 14.3. The van der Waals surface area contributed by atoms with Gasteiger partial charge in [0.15, 0.2) is 5.82 Å². The Morgan fingerprint density at radius 2 is 1.33 bits per heavy atom. The number of nitrogens with zero attached hydrogens (tertiary/aromatic N) is 3. The number of nitrogens with two attached hydrogens (primary N) is 2. The Bertz CT molecular complexity index is 673. The lowest BCUT2D eigenvalue weighted by molar-refractivity contribution is 0.563. The summed E-state index contributed by atoms with van der Waals surface area (Å²) in [7, 11) is 0. The molecule has 2 rings (SSSR count). The molecule has 0 saturated heterocycles. The van der Waals surface area contributed by atoms with E-state index >= 15 is 0 Å². The molecule has 30 heavy (non-hydrogen) atoms. The maximum absolute atomic E-state index is 5.64. The van der Waals surface area contributed by atoms with Crippen LogP contribution in [0.3, 0.4) is 0 Å². The van der Waals surface area contributed by atoms with Crippen molar-refractivity contribution < 1.29 is 0 Å². The van der Waals surface area contributed by atoms with E-state index in [0.29, 0.717) is 11.5 Å². The van der Waals surface area contributed by atoms with Gasteiger partial charge in [-0.25, -0.2) is 4.98 Å². The van der Waals surface area contributed by atoms with Crippen LogP contribution in [0.25, 0.3) is 0 Å². The van der Waals surface area contributed by atoms with Crippen molar-refractivity contribution in [1.29, 1.82) is 0 Å². The van der Waals surface area contributed by atoms with Crippen LogP contribution in [0.5, 0.6) is 0 Å². The van der Waals surface area contributed by atoms with Gasteiger partial charge in [-0.3, -0.25) is 0 Å². The Hall–Kier alpha value is -1.66. The SMILES string of the molecule is CCCCCCCCCCCCBr.Cl.Nc1ccc(N=Nc2ccccc2)c(N)n1. The van der Waals surface area contributed by atoms with Crippen LogP contribution >= 0.6 is 28.3 Å². The van der Waals surface area contributed by atoms with Crippen LogP contribution in [0.2, 0.25) is 0 Å². The molecule has 0 bridgehead atoms. The van der Waals surface area contributed by atoms with Crippen LogP contribution in [0.1, 0.15) is 71.1 Å². The van der Waals surface area contributed by atoms with Crippen molar-refractivity contribution in [1.82, 2.24) is 4.98 Å². The first kappa shape index (κ1) is 28.3. The topological polar surface area (TPSA) is 89.6 Å². The van der Waals surface area contributed by atoms with Gasteiger partial charge in [0.05, 0.1) is 5.69 Å². The molecule has 5 nitrogen and oxygen atoms in total. The number of unbranched alkanes of at least 4 members (excludes halogenated alkanes) is 9. The van der Waals surface area contributed by atoms with Crippen LogP contribution in [-0.4, -0.2) is 10.3 Å². The zero-order valence-electron chi connectivity index (χ0n) is 18.1. The standard InChI is InChI=1S/C12H25Br.C11H11N5.ClH/c1-2-3-4-5-6-7-8-9-10-11-12-13;12-10-7-6-9(11(13)14-10)16-15-8-4-2-1-3-5-8;/h2-12H2,1H3;1-7H,(H4,12,13,14);1H. The van der Waals surface area contributed by atoms with Gasteiger partial charge in [0, 0.05) is 5.33 Å². The van der Waals surface area contributed by atoms with Crippen LogP contribution in [0, 0.1) is 0 Å². The fraction of sp³-hybridized carbons (Fsp3) is 0.522. The third-order valence-electron chi connectivity index (χ3n) is 4.44. The van der Waals surface area contributed by atoms with Gasteiger partial charge in [-0.15, -0.1) is 17.5 Å². The van der Waals surface area contributed by atoms with Crippen LogP contribution in [-0.2, 0) is 0 Å². The number of hydrogen-bond acceptors (Lipinski definition) is 5. The number of nitrogen functional groups attached to an aromatic ring is 2. The van der Waals surface area contributed by atoms with Gasteiger partial charge >= 0.3 is 0 Å². The van der Waals surface area contributed by atoms with Crippen molar-refractivity contribution in [3.05, 3.63) is 42.5 Å². The summed E-state index contributed by atoms with van der Waals surface area (Å²) < 4.78 is 0. The number of azo groups is 1. The molecule has 7 heteroatoms. The zero-order chi connectivity index (χ0) is 21.2. The lowest BCUT2D eigenvalue weighted by Gasteiger charge is -2.00. The molecule has 0 radical (unpaired) electrons. The predicted molar refractivity (Wildman–Crippen MR) is 137 cm³/mol. The fourth-order valence-electron chi connectivity index (χ4n) is 2.76. The minimum Gasteiger partial charge on any atom is -0.384 e. The normalized spacial score (nSPS) is 10.3. The highest BCUT2D eigenvalue weighted by Gasteiger charge is 1.98. The van der Waals surface area contributed by atoms with Crippen molar-refractivity contribution in [3.8, 4) is 0 Å². The average molecular weight is 499 g/mol. The van der Waals surface area contributed by atoms with Gasteiger partial charge in [0.25, 0.3) is 0 Å². The molecular formula is C23H37BrClN5. The van der Waals surface area contributed by atoms with Crippen molar-refractivity contribution in [2.45, 2.75) is 71.1 Å². The van der Waals surface area contributed by atoms with E-state index in [1.54, 1.807) is 12.1 Å². The molecule has 0 aliphatic carbocycles. The summed E-state index contributed by atoms with van der Waals surface area (Å²) in [6, 6.07) is 12.7. The van der Waals surface area contributed by atoms with Crippen molar-refractivity contribution in [2.24, 2.45) is 10.2 Å². The molecule has 1 heterocycles. The highest BCUT2D eigenvalue weighted by Crippen LogP contribution is 2.23. The van der Waals surface area contributed by atoms with Gasteiger partial charge in [0.2, 0.25) is 0 Å². The molecule has 0 atom stereocenters. The second-order valence-corrected chi connectivity index (χ2v) is 7.84. The third-order valence-corrected chi connectivity index (χ3v) is 5.00.